The maximum atomic E-state index is 13.0. The van der Waals surface area contributed by atoms with Crippen molar-refractivity contribution < 1.29 is 18.0 Å². The highest BCUT2D eigenvalue weighted by molar-refractivity contribution is 9.10. The second kappa shape index (κ2) is 11.5. The van der Waals surface area contributed by atoms with E-state index in [4.69, 9.17) is 0 Å². The van der Waals surface area contributed by atoms with Gasteiger partial charge in [-0.1, -0.05) is 41.4 Å². The number of unbranched alkanes of at least 4 members (excludes halogenated alkanes) is 1. The molecule has 0 saturated carbocycles. The zero-order valence-corrected chi connectivity index (χ0v) is 21.8. The number of hydrogen-bond acceptors (Lipinski definition) is 6. The molecule has 1 saturated heterocycles. The minimum absolute atomic E-state index is 0.0169. The average Bonchev–Trinajstić information content (AvgIpc) is 2.79. The molecule has 2 aromatic carbocycles. The molecule has 0 aromatic heterocycles. The van der Waals surface area contributed by atoms with Gasteiger partial charge in [0.1, 0.15) is 5.50 Å². The molecule has 2 unspecified atom stereocenters. The Morgan fingerprint density at radius 3 is 2.58 bits per heavy atom. The summed E-state index contributed by atoms with van der Waals surface area (Å²) in [5.74, 6) is -0.676. The highest BCUT2D eigenvalue weighted by Crippen LogP contribution is 2.22. The Labute approximate surface area is 207 Å². The van der Waals surface area contributed by atoms with Crippen LogP contribution in [0.1, 0.15) is 30.9 Å². The van der Waals surface area contributed by atoms with E-state index in [1.165, 1.54) is 11.8 Å². The summed E-state index contributed by atoms with van der Waals surface area (Å²) in [6.07, 6.45) is 3.01. The van der Waals surface area contributed by atoms with Crippen LogP contribution in [0.3, 0.4) is 0 Å². The minimum atomic E-state index is -3.82. The third kappa shape index (κ3) is 6.81. The largest absolute Gasteiger partial charge is 0.331 e. The molecule has 10 heteroatoms. The molecule has 0 aliphatic carbocycles. The van der Waals surface area contributed by atoms with Gasteiger partial charge in [-0.2, -0.15) is 0 Å². The van der Waals surface area contributed by atoms with Gasteiger partial charge in [-0.25, -0.2) is 8.42 Å². The molecule has 1 aliphatic rings. The number of amides is 2. The van der Waals surface area contributed by atoms with Crippen molar-refractivity contribution in [2.24, 2.45) is 0 Å². The number of carbonyl (C=O) groups is 2. The molecule has 1 heterocycles. The van der Waals surface area contributed by atoms with Gasteiger partial charge < -0.3 is 10.6 Å². The second-order valence-corrected chi connectivity index (χ2v) is 12.0. The van der Waals surface area contributed by atoms with Crippen molar-refractivity contribution in [1.29, 1.82) is 0 Å². The smallest absolute Gasteiger partial charge is 0.241 e. The number of rotatable bonds is 9. The van der Waals surface area contributed by atoms with Gasteiger partial charge in [-0.3, -0.25) is 14.9 Å². The predicted molar refractivity (Wildman–Crippen MR) is 136 cm³/mol. The normalized spacial score (nSPS) is 18.6. The maximum absolute atomic E-state index is 13.0. The third-order valence-corrected chi connectivity index (χ3v) is 9.32. The molecule has 2 aromatic rings. The summed E-state index contributed by atoms with van der Waals surface area (Å²) in [5.41, 5.74) is 2.23. The molecule has 178 valence electrons. The van der Waals surface area contributed by atoms with Crippen LogP contribution >= 0.6 is 27.7 Å². The van der Waals surface area contributed by atoms with Crippen molar-refractivity contribution in [3.8, 4) is 0 Å². The van der Waals surface area contributed by atoms with E-state index >= 15 is 0 Å². The van der Waals surface area contributed by atoms with Crippen LogP contribution in [0.4, 0.5) is 5.69 Å². The summed E-state index contributed by atoms with van der Waals surface area (Å²) in [7, 11) is -3.82. The number of carbonyl (C=O) groups excluding carboxylic acids is 2. The summed E-state index contributed by atoms with van der Waals surface area (Å²) < 4.78 is 26.9. The second-order valence-electron chi connectivity index (χ2n) is 7.90. The molecule has 1 aliphatic heterocycles. The van der Waals surface area contributed by atoms with Crippen molar-refractivity contribution in [1.82, 2.24) is 10.6 Å². The Hall–Kier alpha value is -1.88. The molecule has 0 radical (unpaired) electrons. The van der Waals surface area contributed by atoms with Crippen LogP contribution in [0, 0.1) is 6.92 Å². The summed E-state index contributed by atoms with van der Waals surface area (Å²) in [5, 5.41) is 7.28. The highest BCUT2D eigenvalue weighted by Gasteiger charge is 2.38. The zero-order chi connectivity index (χ0) is 24.0. The Morgan fingerprint density at radius 2 is 1.94 bits per heavy atom. The first-order chi connectivity index (χ1) is 15.7. The van der Waals surface area contributed by atoms with Crippen LogP contribution in [-0.4, -0.2) is 43.3 Å². The lowest BCUT2D eigenvalue weighted by Crippen LogP contribution is -2.59. The fourth-order valence-corrected chi connectivity index (χ4v) is 5.96. The summed E-state index contributed by atoms with van der Waals surface area (Å²) in [6, 6.07) is 12.3. The molecule has 3 rings (SSSR count). The van der Waals surface area contributed by atoms with Crippen molar-refractivity contribution in [2.45, 2.75) is 48.8 Å². The zero-order valence-electron chi connectivity index (χ0n) is 18.6. The molecular formula is C23H28BrN3O4S2. The SMILES string of the molecule is CCCCc1ccc(S(=O)(=O)C2CNC(SCC(=O)Nc3ccc(Br)c(C)c3)NC2=O)cc1. The summed E-state index contributed by atoms with van der Waals surface area (Å²) in [4.78, 5) is 25.0. The van der Waals surface area contributed by atoms with Gasteiger partial charge in [0.2, 0.25) is 11.8 Å². The quantitative estimate of drug-likeness (QED) is 0.438. The van der Waals surface area contributed by atoms with Crippen LogP contribution in [-0.2, 0) is 25.8 Å². The van der Waals surface area contributed by atoms with Crippen molar-refractivity contribution in [2.75, 3.05) is 17.6 Å². The van der Waals surface area contributed by atoms with E-state index in [0.29, 0.717) is 5.69 Å². The highest BCUT2D eigenvalue weighted by atomic mass is 79.9. The Balaban J connectivity index is 1.52. The van der Waals surface area contributed by atoms with Gasteiger partial charge in [-0.05, 0) is 61.2 Å². The van der Waals surface area contributed by atoms with Gasteiger partial charge in [0.05, 0.1) is 10.6 Å². The van der Waals surface area contributed by atoms with E-state index in [1.54, 1.807) is 30.3 Å². The van der Waals surface area contributed by atoms with E-state index in [-0.39, 0.29) is 23.1 Å². The first kappa shape index (κ1) is 25.7. The lowest BCUT2D eigenvalue weighted by atomic mass is 10.1. The van der Waals surface area contributed by atoms with Gasteiger partial charge >= 0.3 is 0 Å². The number of halogens is 1. The van der Waals surface area contributed by atoms with Crippen LogP contribution in [0.5, 0.6) is 0 Å². The molecule has 0 bridgehead atoms. The topological polar surface area (TPSA) is 104 Å². The van der Waals surface area contributed by atoms with Crippen LogP contribution in [0.2, 0.25) is 0 Å². The van der Waals surface area contributed by atoms with E-state index < -0.39 is 26.5 Å². The van der Waals surface area contributed by atoms with Gasteiger partial charge in [0.25, 0.3) is 0 Å². The fourth-order valence-electron chi connectivity index (χ4n) is 3.40. The first-order valence-electron chi connectivity index (χ1n) is 10.7. The van der Waals surface area contributed by atoms with E-state index in [9.17, 15) is 18.0 Å². The molecule has 7 nitrogen and oxygen atoms in total. The van der Waals surface area contributed by atoms with E-state index in [1.807, 2.05) is 19.1 Å². The predicted octanol–water partition coefficient (Wildman–Crippen LogP) is 3.62. The Morgan fingerprint density at radius 1 is 1.21 bits per heavy atom. The number of anilines is 1. The van der Waals surface area contributed by atoms with Crippen LogP contribution < -0.4 is 16.0 Å². The van der Waals surface area contributed by atoms with Crippen LogP contribution in [0.25, 0.3) is 0 Å². The third-order valence-electron chi connectivity index (χ3n) is 5.32. The van der Waals surface area contributed by atoms with Crippen LogP contribution in [0.15, 0.2) is 51.8 Å². The molecular weight excluding hydrogens is 526 g/mol. The van der Waals surface area contributed by atoms with Gasteiger partial charge in [-0.15, -0.1) is 11.8 Å². The first-order valence-corrected chi connectivity index (χ1v) is 14.1. The Kier molecular flexibility index (Phi) is 8.97. The van der Waals surface area contributed by atoms with E-state index in [2.05, 4.69) is 38.8 Å². The minimum Gasteiger partial charge on any atom is -0.331 e. The Bertz CT molecular complexity index is 1110. The molecule has 2 atom stereocenters. The number of hydrogen-bond donors (Lipinski definition) is 3. The molecule has 2 amide bonds. The molecule has 1 fully saturated rings. The maximum Gasteiger partial charge on any atom is 0.241 e. The monoisotopic (exact) mass is 553 g/mol. The van der Waals surface area contributed by atoms with Crippen molar-refractivity contribution in [3.63, 3.8) is 0 Å². The number of thioether (sulfide) groups is 1. The lowest BCUT2D eigenvalue weighted by Gasteiger charge is -2.29. The summed E-state index contributed by atoms with van der Waals surface area (Å²) in [6.45, 7) is 4.02. The molecule has 33 heavy (non-hydrogen) atoms. The van der Waals surface area contributed by atoms with Gasteiger partial charge in [0, 0.05) is 16.7 Å². The number of nitrogens with one attached hydrogen (secondary N) is 3. The number of benzene rings is 2. The lowest BCUT2D eigenvalue weighted by molar-refractivity contribution is -0.122. The standard InChI is InChI=1S/C23H28BrN3O4S2/c1-3-4-5-16-6-9-18(10-7-16)33(30,31)20-13-25-23(27-22(20)29)32-14-21(28)26-17-8-11-19(24)15(2)12-17/h6-12,20,23,25H,3-5,13-14H2,1-2H3,(H,26,28)(H,27,29). The number of aryl methyl sites for hydroxylation is 2. The molecule has 3 N–H and O–H groups in total. The molecule has 0 spiro atoms. The summed E-state index contributed by atoms with van der Waals surface area (Å²) >= 11 is 4.62. The van der Waals surface area contributed by atoms with Crippen molar-refractivity contribution >= 4 is 55.0 Å². The fraction of sp³-hybridized carbons (Fsp3) is 0.391. The van der Waals surface area contributed by atoms with Crippen molar-refractivity contribution in [3.05, 3.63) is 58.1 Å². The number of sulfone groups is 1. The van der Waals surface area contributed by atoms with E-state index in [0.717, 1.165) is 34.9 Å². The average molecular weight is 555 g/mol. The van der Waals surface area contributed by atoms with Gasteiger partial charge in [0.15, 0.2) is 15.1 Å².